The molecule has 2 aromatic rings. The Balaban J connectivity index is 1.90. The van der Waals surface area contributed by atoms with Crippen LogP contribution in [-0.4, -0.2) is 87.9 Å². The van der Waals surface area contributed by atoms with E-state index in [1.807, 2.05) is 0 Å². The summed E-state index contributed by atoms with van der Waals surface area (Å²) in [5.41, 5.74) is -6.62. The van der Waals surface area contributed by atoms with E-state index in [9.17, 15) is 44.3 Å². The first-order valence-electron chi connectivity index (χ1n) is 11.7. The lowest BCUT2D eigenvalue weighted by Gasteiger charge is -2.45. The fourth-order valence-electron chi connectivity index (χ4n) is 5.05. The van der Waals surface area contributed by atoms with Crippen LogP contribution < -0.4 is 16.9 Å². The van der Waals surface area contributed by atoms with Crippen molar-refractivity contribution in [1.29, 1.82) is 0 Å². The van der Waals surface area contributed by atoms with E-state index in [4.69, 9.17) is 26.2 Å². The van der Waals surface area contributed by atoms with Gasteiger partial charge in [-0.05, 0) is 13.8 Å². The molecule has 2 aliphatic rings. The van der Waals surface area contributed by atoms with E-state index >= 15 is 0 Å². The molecule has 2 aliphatic heterocycles. The van der Waals surface area contributed by atoms with Crippen LogP contribution in [0.1, 0.15) is 30.2 Å². The van der Waals surface area contributed by atoms with Gasteiger partial charge < -0.3 is 34.8 Å². The molecule has 216 valence electrons. The summed E-state index contributed by atoms with van der Waals surface area (Å²) in [4.78, 5) is 51.7. The number of aryl methyl sites for hydroxylation is 2. The van der Waals surface area contributed by atoms with Crippen molar-refractivity contribution in [1.82, 2.24) is 19.1 Å². The topological polar surface area (TPSA) is 239 Å². The Hall–Kier alpha value is -2.31. The number of nitrogens with one attached hydrogen (secondary N) is 2. The number of rotatable bonds is 7. The van der Waals surface area contributed by atoms with Crippen molar-refractivity contribution in [3.05, 3.63) is 59.5 Å². The van der Waals surface area contributed by atoms with Crippen LogP contribution in [0.2, 0.25) is 0 Å². The van der Waals surface area contributed by atoms with Gasteiger partial charge in [0, 0.05) is 43.0 Å². The van der Waals surface area contributed by atoms with Crippen molar-refractivity contribution < 1.29 is 43.9 Å². The van der Waals surface area contributed by atoms with Gasteiger partial charge in [-0.2, -0.15) is 0 Å². The molecule has 0 aromatic carbocycles. The molecule has 0 bridgehead atoms. The molecule has 4 rings (SSSR count). The first kappa shape index (κ1) is 29.7. The van der Waals surface area contributed by atoms with E-state index in [0.717, 1.165) is 15.8 Å². The van der Waals surface area contributed by atoms with Crippen LogP contribution in [0, 0.1) is 18.5 Å². The largest absolute Gasteiger partial charge is 0.394 e. The summed E-state index contributed by atoms with van der Waals surface area (Å²) < 4.78 is 30.2. The minimum atomic E-state index is -4.29. The number of nitrogens with zero attached hydrogens (tertiary/aromatic N) is 2. The van der Waals surface area contributed by atoms with Crippen molar-refractivity contribution in [3.8, 4) is 0 Å². The second-order valence-electron chi connectivity index (χ2n) is 9.75. The van der Waals surface area contributed by atoms with Gasteiger partial charge in [0.25, 0.3) is 5.56 Å². The molecular weight excluding hydrogens is 563 g/mol. The fraction of sp³-hybridized carbons (Fsp3) is 0.619. The SMILES string of the molecule is Cc1cn(C2CC(O)(C3(n4cc(C)c(=S)[nH]c4=O)CC(O)C(C(O)OP(C)(=O)O)O3)C(CO)O2)c(=O)[nH]c1=O. The smallest absolute Gasteiger partial charge is 0.330 e. The number of H-pyrrole nitrogens is 2. The molecule has 8 unspecified atom stereocenters. The van der Waals surface area contributed by atoms with E-state index < -0.39 is 86.1 Å². The molecule has 0 saturated carbocycles. The average molecular weight is 593 g/mol. The van der Waals surface area contributed by atoms with E-state index in [0.29, 0.717) is 5.56 Å². The molecule has 16 nitrogen and oxygen atoms in total. The van der Waals surface area contributed by atoms with Crippen LogP contribution in [0.5, 0.6) is 0 Å². The molecule has 0 amide bonds. The van der Waals surface area contributed by atoms with Gasteiger partial charge in [-0.15, -0.1) is 0 Å². The van der Waals surface area contributed by atoms with E-state index in [-0.39, 0.29) is 10.2 Å². The van der Waals surface area contributed by atoms with Crippen LogP contribution >= 0.6 is 19.8 Å². The molecule has 39 heavy (non-hydrogen) atoms. The third kappa shape index (κ3) is 5.15. The van der Waals surface area contributed by atoms with Gasteiger partial charge >= 0.3 is 19.0 Å². The number of aliphatic hydroxyl groups is 4. The minimum absolute atomic E-state index is 0.0681. The number of hydrogen-bond acceptors (Lipinski definition) is 12. The summed E-state index contributed by atoms with van der Waals surface area (Å²) in [5.74, 6) is 0. The molecule has 0 aliphatic carbocycles. The predicted molar refractivity (Wildman–Crippen MR) is 134 cm³/mol. The van der Waals surface area contributed by atoms with Gasteiger partial charge in [0.05, 0.1) is 12.7 Å². The molecule has 8 atom stereocenters. The Morgan fingerprint density at radius 3 is 2.49 bits per heavy atom. The molecule has 4 heterocycles. The lowest BCUT2D eigenvalue weighted by Crippen LogP contribution is -2.63. The first-order chi connectivity index (χ1) is 18.0. The van der Waals surface area contributed by atoms with Crippen LogP contribution in [0.15, 0.2) is 26.8 Å². The number of aromatic nitrogens is 4. The van der Waals surface area contributed by atoms with Crippen LogP contribution in [0.4, 0.5) is 0 Å². The first-order valence-corrected chi connectivity index (χ1v) is 14.1. The summed E-state index contributed by atoms with van der Waals surface area (Å²) in [6.07, 6.45) is -7.16. The highest BCUT2D eigenvalue weighted by Crippen LogP contribution is 2.53. The quantitative estimate of drug-likeness (QED) is 0.105. The Morgan fingerprint density at radius 2 is 1.87 bits per heavy atom. The van der Waals surface area contributed by atoms with Gasteiger partial charge in [-0.25, -0.2) is 9.59 Å². The van der Waals surface area contributed by atoms with Crippen molar-refractivity contribution in [3.63, 3.8) is 0 Å². The molecule has 0 radical (unpaired) electrons. The van der Waals surface area contributed by atoms with Gasteiger partial charge in [0.2, 0.25) is 0 Å². The number of aromatic amines is 2. The van der Waals surface area contributed by atoms with Crippen LogP contribution in [-0.2, 0) is 24.3 Å². The number of ether oxygens (including phenoxy) is 2. The zero-order chi connectivity index (χ0) is 29.1. The zero-order valence-corrected chi connectivity index (χ0v) is 22.7. The summed E-state index contributed by atoms with van der Waals surface area (Å²) in [5, 5.41) is 43.8. The van der Waals surface area contributed by atoms with Gasteiger partial charge in [-0.1, -0.05) is 12.2 Å². The van der Waals surface area contributed by atoms with E-state index in [1.54, 1.807) is 6.92 Å². The van der Waals surface area contributed by atoms with Crippen LogP contribution in [0.25, 0.3) is 0 Å². The molecular formula is C21H29N4O12PS. The molecule has 0 spiro atoms. The Labute approximate surface area is 224 Å². The maximum Gasteiger partial charge on any atom is 0.330 e. The van der Waals surface area contributed by atoms with E-state index in [1.165, 1.54) is 19.3 Å². The molecule has 2 aromatic heterocycles. The van der Waals surface area contributed by atoms with Gasteiger partial charge in [0.15, 0.2) is 12.0 Å². The molecule has 2 saturated heterocycles. The Bertz CT molecular complexity index is 1550. The summed E-state index contributed by atoms with van der Waals surface area (Å²) in [6, 6.07) is 0. The highest BCUT2D eigenvalue weighted by atomic mass is 32.1. The van der Waals surface area contributed by atoms with Crippen molar-refractivity contribution in [2.24, 2.45) is 0 Å². The lowest BCUT2D eigenvalue weighted by molar-refractivity contribution is -0.268. The van der Waals surface area contributed by atoms with Gasteiger partial charge in [0.1, 0.15) is 28.7 Å². The van der Waals surface area contributed by atoms with Gasteiger partial charge in [-0.3, -0.25) is 33.0 Å². The van der Waals surface area contributed by atoms with Crippen LogP contribution in [0.3, 0.4) is 0 Å². The zero-order valence-electron chi connectivity index (χ0n) is 21.0. The standard InChI is InChI=1S/C21H29N4O12PS/c1-9-6-24(18(30)22-15(9)28)13-5-20(32,12(8-26)35-13)21(25-7-10(2)16(39)23-19(25)31)4-11(27)14(36-21)17(29)37-38(3,33)34/h6-7,11-14,17,26-27,29,32H,4-5,8H2,1-3H3,(H,33,34)(H,22,28,30)(H,23,31,39). The molecule has 2 fully saturated rings. The monoisotopic (exact) mass is 592 g/mol. The fourth-order valence-corrected chi connectivity index (χ4v) is 5.72. The summed E-state index contributed by atoms with van der Waals surface area (Å²) in [7, 11) is -4.29. The third-order valence-electron chi connectivity index (χ3n) is 6.93. The molecule has 7 N–H and O–H groups in total. The average Bonchev–Trinajstić information content (AvgIpc) is 3.36. The lowest BCUT2D eigenvalue weighted by atomic mass is 9.80. The highest BCUT2D eigenvalue weighted by Gasteiger charge is 2.68. The molecule has 18 heteroatoms. The highest BCUT2D eigenvalue weighted by molar-refractivity contribution is 7.71. The summed E-state index contributed by atoms with van der Waals surface area (Å²) >= 11 is 5.12. The van der Waals surface area contributed by atoms with E-state index in [2.05, 4.69) is 9.97 Å². The normalized spacial score (nSPS) is 33.2. The Morgan fingerprint density at radius 1 is 1.21 bits per heavy atom. The predicted octanol–water partition coefficient (Wildman–Crippen LogP) is -1.96. The van der Waals surface area contributed by atoms with Crippen molar-refractivity contribution in [2.45, 2.75) is 68.8 Å². The second kappa shape index (κ2) is 10.3. The van der Waals surface area contributed by atoms with Crippen molar-refractivity contribution >= 4 is 19.8 Å². The van der Waals surface area contributed by atoms with Crippen molar-refractivity contribution in [2.75, 3.05) is 13.3 Å². The maximum atomic E-state index is 13.2. The second-order valence-corrected chi connectivity index (χ2v) is 12.0. The number of aliphatic hydroxyl groups excluding tert-OH is 3. The summed E-state index contributed by atoms with van der Waals surface area (Å²) in [6.45, 7) is 2.93. The minimum Gasteiger partial charge on any atom is -0.394 e. The maximum absolute atomic E-state index is 13.2. The Kier molecular flexibility index (Phi) is 7.81. The number of hydrogen-bond donors (Lipinski definition) is 7. The third-order valence-corrected chi connectivity index (χ3v) is 7.96.